The molecule has 0 amide bonds. The van der Waals surface area contributed by atoms with Crippen molar-refractivity contribution in [2.45, 2.75) is 20.0 Å². The van der Waals surface area contributed by atoms with Gasteiger partial charge in [-0.1, -0.05) is 0 Å². The summed E-state index contributed by atoms with van der Waals surface area (Å²) in [5, 5.41) is 0. The maximum absolute atomic E-state index is 10.3. The summed E-state index contributed by atoms with van der Waals surface area (Å²) in [5.41, 5.74) is 0. The number of carbonyl (C=O) groups excluding carboxylic acids is 1. The predicted octanol–water partition coefficient (Wildman–Crippen LogP) is 0.872. The normalized spacial score (nSPS) is 11.3. The number of rotatable bonds is 4. The zero-order chi connectivity index (χ0) is 8.91. The van der Waals surface area contributed by atoms with Crippen LogP contribution in [0.1, 0.15) is 6.92 Å². The van der Waals surface area contributed by atoms with E-state index in [-0.39, 0.29) is 12.8 Å². The fourth-order valence-corrected chi connectivity index (χ4v) is 0.774. The van der Waals surface area contributed by atoms with Crippen LogP contribution in [0.3, 0.4) is 0 Å². The van der Waals surface area contributed by atoms with E-state index < -0.39 is 8.56 Å². The highest BCUT2D eigenvalue weighted by Crippen LogP contribution is 2.03. The Morgan fingerprint density at radius 3 is 2.36 bits per heavy atom. The molecule has 0 spiro atoms. The van der Waals surface area contributed by atoms with Crippen molar-refractivity contribution in [3.8, 4) is 0 Å². The molecule has 4 nitrogen and oxygen atoms in total. The van der Waals surface area contributed by atoms with Gasteiger partial charge in [0.15, 0.2) is 6.79 Å². The van der Waals surface area contributed by atoms with E-state index >= 15 is 0 Å². The summed E-state index contributed by atoms with van der Waals surface area (Å²) in [6.45, 7) is 5.07. The van der Waals surface area contributed by atoms with Gasteiger partial charge in [-0.05, 0) is 13.1 Å². The van der Waals surface area contributed by atoms with Crippen LogP contribution in [0, 0.1) is 0 Å². The maximum Gasteiger partial charge on any atom is 0.334 e. The predicted molar refractivity (Wildman–Crippen MR) is 42.2 cm³/mol. The molecule has 0 heterocycles. The Morgan fingerprint density at radius 1 is 1.45 bits per heavy atom. The highest BCUT2D eigenvalue weighted by Gasteiger charge is 2.22. The van der Waals surface area contributed by atoms with Gasteiger partial charge in [-0.25, -0.2) is 0 Å². The van der Waals surface area contributed by atoms with Crippen molar-refractivity contribution in [2.24, 2.45) is 0 Å². The zero-order valence-corrected chi connectivity index (χ0v) is 8.34. The first kappa shape index (κ1) is 10.6. The second-order valence-corrected chi connectivity index (χ2v) is 6.00. The molecule has 0 aliphatic rings. The highest BCUT2D eigenvalue weighted by molar-refractivity contribution is 6.64. The fraction of sp³-hybridized carbons (Fsp3) is 0.833. The molecule has 0 aromatic carbocycles. The molecule has 0 aliphatic heterocycles. The van der Waals surface area contributed by atoms with Crippen molar-refractivity contribution < 1.29 is 18.4 Å². The van der Waals surface area contributed by atoms with E-state index in [0.29, 0.717) is 0 Å². The largest absolute Gasteiger partial charge is 0.440 e. The van der Waals surface area contributed by atoms with Crippen molar-refractivity contribution >= 4 is 14.5 Å². The summed E-state index contributed by atoms with van der Waals surface area (Å²) in [6.07, 6.45) is 0. The minimum Gasteiger partial charge on any atom is -0.440 e. The van der Waals surface area contributed by atoms with Crippen molar-refractivity contribution in [3.05, 3.63) is 0 Å². The zero-order valence-electron chi connectivity index (χ0n) is 7.34. The summed E-state index contributed by atoms with van der Waals surface area (Å²) in [5.74, 6) is -0.342. The Kier molecular flexibility index (Phi) is 4.32. The van der Waals surface area contributed by atoms with Crippen LogP contribution >= 0.6 is 0 Å². The lowest BCUT2D eigenvalue weighted by Crippen LogP contribution is -2.34. The molecule has 0 N–H and O–H groups in total. The molecule has 11 heavy (non-hydrogen) atoms. The average molecular weight is 178 g/mol. The molecule has 0 aliphatic carbocycles. The summed E-state index contributed by atoms with van der Waals surface area (Å²) in [4.78, 5) is 10.3. The number of esters is 1. The number of ether oxygens (including phenoxy) is 1. The van der Waals surface area contributed by atoms with Gasteiger partial charge in [0.05, 0.1) is 0 Å². The second kappa shape index (κ2) is 4.48. The molecule has 0 fully saturated rings. The van der Waals surface area contributed by atoms with E-state index in [1.165, 1.54) is 6.92 Å². The molecule has 0 aromatic rings. The molecule has 0 saturated carbocycles. The van der Waals surface area contributed by atoms with Crippen LogP contribution in [-0.4, -0.2) is 28.4 Å². The van der Waals surface area contributed by atoms with Crippen molar-refractivity contribution in [3.63, 3.8) is 0 Å². The number of hydrogen-bond acceptors (Lipinski definition) is 4. The SMILES string of the molecule is CO[Si](C)(C)OCOC(C)=O. The van der Waals surface area contributed by atoms with Crippen molar-refractivity contribution in [1.29, 1.82) is 0 Å². The van der Waals surface area contributed by atoms with E-state index in [9.17, 15) is 4.79 Å². The third-order valence-electron chi connectivity index (χ3n) is 1.16. The molecule has 66 valence electrons. The molecule has 0 atom stereocenters. The van der Waals surface area contributed by atoms with E-state index in [4.69, 9.17) is 8.85 Å². The molecule has 0 radical (unpaired) electrons. The third kappa shape index (κ3) is 6.02. The topological polar surface area (TPSA) is 44.8 Å². The Bertz CT molecular complexity index is 135. The van der Waals surface area contributed by atoms with Crippen LogP contribution in [0.4, 0.5) is 0 Å². The van der Waals surface area contributed by atoms with Gasteiger partial charge in [-0.15, -0.1) is 0 Å². The van der Waals surface area contributed by atoms with Gasteiger partial charge in [-0.3, -0.25) is 4.79 Å². The summed E-state index contributed by atoms with van der Waals surface area (Å²) in [7, 11) is -0.438. The lowest BCUT2D eigenvalue weighted by molar-refractivity contribution is -0.148. The lowest BCUT2D eigenvalue weighted by atomic mass is 10.8. The van der Waals surface area contributed by atoms with Gasteiger partial charge in [-0.2, -0.15) is 0 Å². The Balaban J connectivity index is 3.45. The minimum absolute atomic E-state index is 0.0115. The van der Waals surface area contributed by atoms with Crippen LogP contribution < -0.4 is 0 Å². The maximum atomic E-state index is 10.3. The molecule has 0 rings (SSSR count). The second-order valence-electron chi connectivity index (χ2n) is 2.50. The molecule has 0 unspecified atom stereocenters. The van der Waals surface area contributed by atoms with Gasteiger partial charge in [0, 0.05) is 14.0 Å². The summed E-state index contributed by atoms with van der Waals surface area (Å²) in [6, 6.07) is 0. The smallest absolute Gasteiger partial charge is 0.334 e. The van der Waals surface area contributed by atoms with Crippen LogP contribution in [0.15, 0.2) is 0 Å². The van der Waals surface area contributed by atoms with Gasteiger partial charge < -0.3 is 13.6 Å². The molecule has 0 aromatic heterocycles. The van der Waals surface area contributed by atoms with Crippen LogP contribution in [-0.2, 0) is 18.4 Å². The first-order valence-electron chi connectivity index (χ1n) is 3.30. The van der Waals surface area contributed by atoms with E-state index in [0.717, 1.165) is 0 Å². The lowest BCUT2D eigenvalue weighted by Gasteiger charge is -2.19. The van der Waals surface area contributed by atoms with E-state index in [2.05, 4.69) is 4.74 Å². The van der Waals surface area contributed by atoms with Gasteiger partial charge in [0.2, 0.25) is 0 Å². The molecular formula is C6H14O4Si. The number of carbonyl (C=O) groups is 1. The van der Waals surface area contributed by atoms with Gasteiger partial charge in [0.1, 0.15) is 0 Å². The highest BCUT2D eigenvalue weighted by atomic mass is 28.4. The van der Waals surface area contributed by atoms with Crippen LogP contribution in [0.2, 0.25) is 13.1 Å². The van der Waals surface area contributed by atoms with Gasteiger partial charge in [0.25, 0.3) is 0 Å². The first-order valence-corrected chi connectivity index (χ1v) is 6.12. The molecule has 5 heteroatoms. The fourth-order valence-electron chi connectivity index (χ4n) is 0.313. The van der Waals surface area contributed by atoms with E-state index in [1.807, 2.05) is 13.1 Å². The molecule has 0 bridgehead atoms. The van der Waals surface area contributed by atoms with Crippen LogP contribution in [0.25, 0.3) is 0 Å². The quantitative estimate of drug-likeness (QED) is 0.364. The Hall–Kier alpha value is -0.393. The Labute approximate surface area is 67.7 Å². The van der Waals surface area contributed by atoms with Gasteiger partial charge >= 0.3 is 14.5 Å². The van der Waals surface area contributed by atoms with E-state index in [1.54, 1.807) is 7.11 Å². The molecule has 0 saturated heterocycles. The third-order valence-corrected chi connectivity index (χ3v) is 2.96. The standard InChI is InChI=1S/C6H14O4Si/c1-6(7)9-5-10-11(3,4)8-2/h5H2,1-4H3. The summed E-state index contributed by atoms with van der Waals surface area (Å²) >= 11 is 0. The van der Waals surface area contributed by atoms with Crippen LogP contribution in [0.5, 0.6) is 0 Å². The first-order chi connectivity index (χ1) is 4.98. The summed E-state index contributed by atoms with van der Waals surface area (Å²) < 4.78 is 14.8. The molecular weight excluding hydrogens is 164 g/mol. The van der Waals surface area contributed by atoms with Crippen molar-refractivity contribution in [1.82, 2.24) is 0 Å². The minimum atomic E-state index is -2.02. The monoisotopic (exact) mass is 178 g/mol. The Morgan fingerprint density at radius 2 is 2.00 bits per heavy atom. The average Bonchev–Trinajstić information content (AvgIpc) is 1.87. The number of hydrogen-bond donors (Lipinski definition) is 0. The van der Waals surface area contributed by atoms with Crippen molar-refractivity contribution in [2.75, 3.05) is 13.9 Å².